The number of nitro groups is 1. The molecule has 2 aromatic carbocycles. The second-order valence-electron chi connectivity index (χ2n) is 5.52. The van der Waals surface area contributed by atoms with E-state index in [2.05, 4.69) is 9.97 Å². The molecule has 0 N–H and O–H groups in total. The van der Waals surface area contributed by atoms with Crippen molar-refractivity contribution in [3.05, 3.63) is 50.5 Å². The van der Waals surface area contributed by atoms with Crippen LogP contribution < -0.4 is 9.47 Å². The quantitative estimate of drug-likeness (QED) is 0.329. The third-order valence-electron chi connectivity index (χ3n) is 3.71. The van der Waals surface area contributed by atoms with Crippen molar-refractivity contribution in [1.82, 2.24) is 9.97 Å². The van der Waals surface area contributed by atoms with E-state index in [4.69, 9.17) is 9.47 Å². The minimum absolute atomic E-state index is 0. The van der Waals surface area contributed by atoms with Gasteiger partial charge in [0.2, 0.25) is 0 Å². The van der Waals surface area contributed by atoms with E-state index in [1.807, 2.05) is 32.0 Å². The van der Waals surface area contributed by atoms with Crippen LogP contribution >= 0.6 is 22.7 Å². The zero-order chi connectivity index (χ0) is 19.6. The zero-order valence-corrected chi connectivity index (χ0v) is 17.2. The van der Waals surface area contributed by atoms with Crippen LogP contribution in [0.2, 0.25) is 0 Å². The molecule has 7 nitrogen and oxygen atoms in total. The molecule has 2 aromatic heterocycles. The summed E-state index contributed by atoms with van der Waals surface area (Å²) < 4.78 is 12.1. The molecule has 4 rings (SSSR count). The first-order valence-electron chi connectivity index (χ1n) is 7.92. The summed E-state index contributed by atoms with van der Waals surface area (Å²) in [6.07, 6.45) is 0. The van der Waals surface area contributed by atoms with Crippen LogP contribution in [0.15, 0.2) is 30.3 Å². The smallest absolute Gasteiger partial charge is 0.337 e. The Labute approximate surface area is 168 Å². The molecule has 0 saturated heterocycles. The summed E-state index contributed by atoms with van der Waals surface area (Å²) in [6.45, 7) is 3.83. The van der Waals surface area contributed by atoms with Crippen molar-refractivity contribution in [3.8, 4) is 11.5 Å². The molecule has 28 heavy (non-hydrogen) atoms. The Morgan fingerprint density at radius 3 is 2.25 bits per heavy atom. The van der Waals surface area contributed by atoms with Crippen molar-refractivity contribution in [3.63, 3.8) is 0 Å². The van der Waals surface area contributed by atoms with Gasteiger partial charge in [-0.05, 0) is 38.1 Å². The Kier molecular flexibility index (Phi) is 6.81. The van der Waals surface area contributed by atoms with E-state index in [0.717, 1.165) is 26.0 Å². The summed E-state index contributed by atoms with van der Waals surface area (Å²) in [6, 6.07) is 9.33. The largest absolute Gasteiger partial charge is 0.497 e. The highest BCUT2D eigenvalue weighted by Gasteiger charge is 2.21. The number of thiazole rings is 2. The maximum absolute atomic E-state index is 10.9. The number of hydrogen-bond donors (Lipinski definition) is 0. The third kappa shape index (κ3) is 4.34. The lowest BCUT2D eigenvalue weighted by atomic mass is 10.2. The van der Waals surface area contributed by atoms with Crippen molar-refractivity contribution in [2.75, 3.05) is 14.2 Å². The summed E-state index contributed by atoms with van der Waals surface area (Å²) in [4.78, 5) is 18.9. The standard InChI is InChI=1S/C9H8N2O3S.C9H9NOS.FH/c1-5-10-8-7(15-5)4-3-6(14-2)9(8)11(12)13;1-6-10-8-5-7(11-2)3-4-9(8)12-6;/h3-4H,1-2H3;3-5H,1-2H3;1H. The van der Waals surface area contributed by atoms with Crippen LogP contribution in [0, 0.1) is 24.0 Å². The second-order valence-corrected chi connectivity index (χ2v) is 7.99. The molecule has 0 aliphatic heterocycles. The fourth-order valence-electron chi connectivity index (χ4n) is 2.56. The molecule has 10 heteroatoms. The van der Waals surface area contributed by atoms with E-state index in [0.29, 0.717) is 5.52 Å². The molecule has 0 saturated carbocycles. The van der Waals surface area contributed by atoms with Crippen LogP contribution in [0.4, 0.5) is 10.4 Å². The zero-order valence-electron chi connectivity index (χ0n) is 15.6. The molecular weight excluding hydrogens is 405 g/mol. The van der Waals surface area contributed by atoms with Gasteiger partial charge in [-0.25, -0.2) is 9.97 Å². The SMILES string of the molecule is COc1ccc2sc(C)nc2c1.COc1ccc2sc(C)nc2c1[N+](=O)[O-].F. The molecule has 0 aliphatic rings. The van der Waals surface area contributed by atoms with Crippen LogP contribution in [0.25, 0.3) is 20.4 Å². The number of aromatic nitrogens is 2. The fraction of sp³-hybridized carbons (Fsp3) is 0.222. The van der Waals surface area contributed by atoms with Crippen molar-refractivity contribution in [1.29, 1.82) is 0 Å². The molecule has 0 fully saturated rings. The lowest BCUT2D eigenvalue weighted by Crippen LogP contribution is -1.94. The maximum atomic E-state index is 10.9. The van der Waals surface area contributed by atoms with Gasteiger partial charge < -0.3 is 9.47 Å². The fourth-order valence-corrected chi connectivity index (χ4v) is 4.20. The second kappa shape index (κ2) is 8.89. The molecule has 0 unspecified atom stereocenters. The van der Waals surface area contributed by atoms with E-state index in [-0.39, 0.29) is 16.1 Å². The first-order valence-corrected chi connectivity index (χ1v) is 9.56. The highest BCUT2D eigenvalue weighted by molar-refractivity contribution is 7.18. The lowest BCUT2D eigenvalue weighted by molar-refractivity contribution is -0.384. The summed E-state index contributed by atoms with van der Waals surface area (Å²) in [7, 11) is 3.08. The third-order valence-corrected chi connectivity index (χ3v) is 5.60. The van der Waals surface area contributed by atoms with Crippen molar-refractivity contribution in [2.24, 2.45) is 0 Å². The normalized spacial score (nSPS) is 10.1. The Morgan fingerprint density at radius 1 is 0.964 bits per heavy atom. The van der Waals surface area contributed by atoms with Crippen molar-refractivity contribution >= 4 is 48.8 Å². The lowest BCUT2D eigenvalue weighted by Gasteiger charge is -2.00. The van der Waals surface area contributed by atoms with Crippen LogP contribution in [0.3, 0.4) is 0 Å². The minimum atomic E-state index is -0.458. The Morgan fingerprint density at radius 2 is 1.61 bits per heavy atom. The van der Waals surface area contributed by atoms with Crippen LogP contribution in [-0.2, 0) is 0 Å². The number of nitrogens with zero attached hydrogens (tertiary/aromatic N) is 3. The molecule has 0 atom stereocenters. The first-order chi connectivity index (χ1) is 12.9. The molecule has 0 bridgehead atoms. The molecule has 0 spiro atoms. The number of nitro benzene ring substituents is 1. The number of fused-ring (bicyclic) bond motifs is 2. The van der Waals surface area contributed by atoms with Gasteiger partial charge in [0.25, 0.3) is 0 Å². The van der Waals surface area contributed by atoms with Crippen molar-refractivity contribution in [2.45, 2.75) is 13.8 Å². The van der Waals surface area contributed by atoms with E-state index < -0.39 is 4.92 Å². The number of aryl methyl sites for hydroxylation is 2. The minimum Gasteiger partial charge on any atom is -0.497 e. The Balaban J connectivity index is 0.000000198. The first kappa shape index (κ1) is 21.5. The van der Waals surface area contributed by atoms with Crippen LogP contribution in [-0.4, -0.2) is 29.1 Å². The Bertz CT molecular complexity index is 1130. The van der Waals surface area contributed by atoms with E-state index >= 15 is 0 Å². The molecule has 2 heterocycles. The number of hydrogen-bond acceptors (Lipinski definition) is 8. The molecular formula is C18H18FN3O4S2. The van der Waals surface area contributed by atoms with Gasteiger partial charge >= 0.3 is 5.69 Å². The van der Waals surface area contributed by atoms with Gasteiger partial charge in [0, 0.05) is 6.07 Å². The predicted molar refractivity (Wildman–Crippen MR) is 111 cm³/mol. The summed E-state index contributed by atoms with van der Waals surface area (Å²) in [5.41, 5.74) is 1.37. The number of benzene rings is 2. The average Bonchev–Trinajstić information content (AvgIpc) is 3.20. The molecule has 0 radical (unpaired) electrons. The summed E-state index contributed by atoms with van der Waals surface area (Å²) in [5.74, 6) is 1.12. The maximum Gasteiger partial charge on any atom is 0.337 e. The highest BCUT2D eigenvalue weighted by Crippen LogP contribution is 2.36. The monoisotopic (exact) mass is 423 g/mol. The predicted octanol–water partition coefficient (Wildman–Crippen LogP) is 5.29. The molecule has 0 amide bonds. The number of ether oxygens (including phenoxy) is 2. The van der Waals surface area contributed by atoms with Gasteiger partial charge in [0.05, 0.1) is 44.1 Å². The summed E-state index contributed by atoms with van der Waals surface area (Å²) >= 11 is 3.14. The molecule has 148 valence electrons. The van der Waals surface area contributed by atoms with E-state index in [9.17, 15) is 10.1 Å². The average molecular weight is 423 g/mol. The van der Waals surface area contributed by atoms with E-state index in [1.54, 1.807) is 30.6 Å². The van der Waals surface area contributed by atoms with Gasteiger partial charge in [-0.15, -0.1) is 22.7 Å². The topological polar surface area (TPSA) is 87.4 Å². The van der Waals surface area contributed by atoms with Crippen molar-refractivity contribution < 1.29 is 19.1 Å². The van der Waals surface area contributed by atoms with Gasteiger partial charge in [0.15, 0.2) is 11.3 Å². The van der Waals surface area contributed by atoms with Gasteiger partial charge in [0.1, 0.15) is 5.75 Å². The molecule has 4 aromatic rings. The van der Waals surface area contributed by atoms with Gasteiger partial charge in [-0.1, -0.05) is 0 Å². The number of halogens is 1. The van der Waals surface area contributed by atoms with Gasteiger partial charge in [-0.3, -0.25) is 14.8 Å². The van der Waals surface area contributed by atoms with Crippen LogP contribution in [0.1, 0.15) is 10.0 Å². The highest BCUT2D eigenvalue weighted by atomic mass is 32.1. The van der Waals surface area contributed by atoms with Crippen LogP contribution in [0.5, 0.6) is 11.5 Å². The number of rotatable bonds is 3. The number of methoxy groups -OCH3 is 2. The van der Waals surface area contributed by atoms with E-state index in [1.165, 1.54) is 23.1 Å². The molecule has 0 aliphatic carbocycles. The van der Waals surface area contributed by atoms with Gasteiger partial charge in [-0.2, -0.15) is 0 Å². The summed E-state index contributed by atoms with van der Waals surface area (Å²) in [5, 5.41) is 12.8. The Hall–Kier alpha value is -2.85.